The number of fused-ring (bicyclic) bond motifs is 1. The van der Waals surface area contributed by atoms with Crippen LogP contribution < -0.4 is 16.6 Å². The van der Waals surface area contributed by atoms with Gasteiger partial charge in [0.2, 0.25) is 5.91 Å². The smallest absolute Gasteiger partial charge is 0.328 e. The van der Waals surface area contributed by atoms with E-state index in [1.54, 1.807) is 24.3 Å². The molecule has 1 heterocycles. The Hall–Kier alpha value is -2.37. The first-order valence-electron chi connectivity index (χ1n) is 8.62. The van der Waals surface area contributed by atoms with Crippen LogP contribution in [0, 0.1) is 0 Å². The highest BCUT2D eigenvalue weighted by molar-refractivity contribution is 5.77. The number of para-hydroxylation sites is 1. The maximum atomic E-state index is 12.3. The average molecular weight is 331 g/mol. The molecule has 2 rings (SSSR count). The Morgan fingerprint density at radius 1 is 1.12 bits per heavy atom. The van der Waals surface area contributed by atoms with Crippen molar-refractivity contribution < 1.29 is 4.79 Å². The Morgan fingerprint density at radius 3 is 2.71 bits per heavy atom. The van der Waals surface area contributed by atoms with Crippen LogP contribution in [-0.2, 0) is 11.3 Å². The zero-order chi connectivity index (χ0) is 17.4. The molecule has 0 aliphatic carbocycles. The molecule has 24 heavy (non-hydrogen) atoms. The van der Waals surface area contributed by atoms with Crippen LogP contribution in [0.3, 0.4) is 0 Å². The van der Waals surface area contributed by atoms with Crippen LogP contribution in [-0.4, -0.2) is 22.0 Å². The highest BCUT2D eigenvalue weighted by atomic mass is 16.2. The largest absolute Gasteiger partial charge is 0.356 e. The van der Waals surface area contributed by atoms with E-state index in [1.165, 1.54) is 4.57 Å². The van der Waals surface area contributed by atoms with Crippen LogP contribution in [0.1, 0.15) is 45.4 Å². The van der Waals surface area contributed by atoms with Gasteiger partial charge in [0, 0.05) is 19.5 Å². The van der Waals surface area contributed by atoms with Gasteiger partial charge in [-0.2, -0.15) is 0 Å². The third kappa shape index (κ3) is 4.81. The van der Waals surface area contributed by atoms with Gasteiger partial charge in [-0.25, -0.2) is 4.79 Å². The third-order valence-electron chi connectivity index (χ3n) is 4.03. The van der Waals surface area contributed by atoms with Crippen LogP contribution in [0.4, 0.5) is 0 Å². The molecule has 6 heteroatoms. The second-order valence-corrected chi connectivity index (χ2v) is 5.95. The maximum absolute atomic E-state index is 12.3. The maximum Gasteiger partial charge on any atom is 0.328 e. The SMILES string of the molecule is CCCCCNC(=O)CCCCn1c(=O)[nH]c2ccccc2c1=O. The number of aromatic amines is 1. The molecule has 2 N–H and O–H groups in total. The van der Waals surface area contributed by atoms with Gasteiger partial charge in [0.15, 0.2) is 0 Å². The molecule has 1 amide bonds. The Morgan fingerprint density at radius 2 is 1.92 bits per heavy atom. The highest BCUT2D eigenvalue weighted by Gasteiger charge is 2.07. The number of benzene rings is 1. The van der Waals surface area contributed by atoms with Crippen LogP contribution in [0.2, 0.25) is 0 Å². The molecule has 0 radical (unpaired) electrons. The highest BCUT2D eigenvalue weighted by Crippen LogP contribution is 2.04. The Labute approximate surface area is 140 Å². The first-order valence-corrected chi connectivity index (χ1v) is 8.62. The van der Waals surface area contributed by atoms with Crippen LogP contribution in [0.5, 0.6) is 0 Å². The van der Waals surface area contributed by atoms with Crippen molar-refractivity contribution in [1.29, 1.82) is 0 Å². The zero-order valence-corrected chi connectivity index (χ0v) is 14.1. The van der Waals surface area contributed by atoms with E-state index in [1.807, 2.05) is 0 Å². The van der Waals surface area contributed by atoms with Gasteiger partial charge in [0.05, 0.1) is 10.9 Å². The summed E-state index contributed by atoms with van der Waals surface area (Å²) in [6, 6.07) is 6.97. The fraction of sp³-hybridized carbons (Fsp3) is 0.500. The van der Waals surface area contributed by atoms with Crippen molar-refractivity contribution in [3.63, 3.8) is 0 Å². The second-order valence-electron chi connectivity index (χ2n) is 5.95. The zero-order valence-electron chi connectivity index (χ0n) is 14.1. The van der Waals surface area contributed by atoms with Gasteiger partial charge in [-0.3, -0.25) is 14.2 Å². The number of rotatable bonds is 9. The Balaban J connectivity index is 1.85. The lowest BCUT2D eigenvalue weighted by atomic mass is 10.2. The van der Waals surface area contributed by atoms with Gasteiger partial charge in [-0.15, -0.1) is 0 Å². The van der Waals surface area contributed by atoms with E-state index >= 15 is 0 Å². The molecule has 0 spiro atoms. The predicted octanol–water partition coefficient (Wildman–Crippen LogP) is 2.17. The molecule has 0 unspecified atom stereocenters. The van der Waals surface area contributed by atoms with Crippen LogP contribution in [0.25, 0.3) is 10.9 Å². The lowest BCUT2D eigenvalue weighted by molar-refractivity contribution is -0.121. The quantitative estimate of drug-likeness (QED) is 0.691. The fourth-order valence-corrected chi connectivity index (χ4v) is 2.65. The van der Waals surface area contributed by atoms with Crippen molar-refractivity contribution in [2.75, 3.05) is 6.54 Å². The number of hydrogen-bond donors (Lipinski definition) is 2. The molecule has 0 aliphatic rings. The van der Waals surface area contributed by atoms with Gasteiger partial charge in [0.25, 0.3) is 5.56 Å². The third-order valence-corrected chi connectivity index (χ3v) is 4.03. The Bertz CT molecular complexity index is 792. The molecule has 0 saturated heterocycles. The topological polar surface area (TPSA) is 84.0 Å². The molecule has 2 aromatic rings. The minimum absolute atomic E-state index is 0.0332. The lowest BCUT2D eigenvalue weighted by Crippen LogP contribution is -2.35. The number of carbonyl (C=O) groups excluding carboxylic acids is 1. The summed E-state index contributed by atoms with van der Waals surface area (Å²) in [6.45, 7) is 3.16. The van der Waals surface area contributed by atoms with Gasteiger partial charge in [0.1, 0.15) is 0 Å². The molecule has 1 aromatic carbocycles. The summed E-state index contributed by atoms with van der Waals surface area (Å²) in [5, 5.41) is 3.39. The Kier molecular flexibility index (Phi) is 6.78. The molecule has 6 nitrogen and oxygen atoms in total. The first-order chi connectivity index (χ1) is 11.6. The molecule has 0 fully saturated rings. The van der Waals surface area contributed by atoms with E-state index in [-0.39, 0.29) is 11.5 Å². The number of H-pyrrole nitrogens is 1. The van der Waals surface area contributed by atoms with Gasteiger partial charge in [-0.05, 0) is 31.4 Å². The number of hydrogen-bond acceptors (Lipinski definition) is 3. The molecule has 0 aliphatic heterocycles. The number of carbonyl (C=O) groups is 1. The lowest BCUT2D eigenvalue weighted by Gasteiger charge is -2.07. The molecular weight excluding hydrogens is 306 g/mol. The molecular formula is C18H25N3O3. The van der Waals surface area contributed by atoms with Crippen molar-refractivity contribution in [3.05, 3.63) is 45.1 Å². The summed E-state index contributed by atoms with van der Waals surface area (Å²) >= 11 is 0. The standard InChI is InChI=1S/C18H25N3O3/c1-2-3-7-12-19-16(22)11-6-8-13-21-17(23)14-9-4-5-10-15(14)20-18(21)24/h4-5,9-10H,2-3,6-8,11-13H2,1H3,(H,19,22)(H,20,24). The van der Waals surface area contributed by atoms with Crippen LogP contribution >= 0.6 is 0 Å². The van der Waals surface area contributed by atoms with Crippen molar-refractivity contribution in [2.45, 2.75) is 52.0 Å². The van der Waals surface area contributed by atoms with E-state index in [9.17, 15) is 14.4 Å². The average Bonchev–Trinajstić information content (AvgIpc) is 2.58. The summed E-state index contributed by atoms with van der Waals surface area (Å²) < 4.78 is 1.21. The van der Waals surface area contributed by atoms with Crippen molar-refractivity contribution in [3.8, 4) is 0 Å². The number of aromatic nitrogens is 2. The number of nitrogens with zero attached hydrogens (tertiary/aromatic N) is 1. The molecule has 1 aromatic heterocycles. The molecule has 0 atom stereocenters. The summed E-state index contributed by atoms with van der Waals surface area (Å²) in [4.78, 5) is 38.8. The molecule has 130 valence electrons. The van der Waals surface area contributed by atoms with Crippen molar-refractivity contribution in [1.82, 2.24) is 14.9 Å². The fourth-order valence-electron chi connectivity index (χ4n) is 2.65. The normalized spacial score (nSPS) is 10.9. The van der Waals surface area contributed by atoms with E-state index < -0.39 is 5.69 Å². The summed E-state index contributed by atoms with van der Waals surface area (Å²) in [7, 11) is 0. The number of nitrogens with one attached hydrogen (secondary N) is 2. The number of unbranched alkanes of at least 4 members (excludes halogenated alkanes) is 3. The van der Waals surface area contributed by atoms with E-state index in [2.05, 4.69) is 17.2 Å². The summed E-state index contributed by atoms with van der Waals surface area (Å²) in [6.07, 6.45) is 4.94. The van der Waals surface area contributed by atoms with E-state index in [0.29, 0.717) is 36.7 Å². The minimum Gasteiger partial charge on any atom is -0.356 e. The minimum atomic E-state index is -0.400. The molecule has 0 saturated carbocycles. The van der Waals surface area contributed by atoms with Crippen LogP contribution in [0.15, 0.2) is 33.9 Å². The van der Waals surface area contributed by atoms with Gasteiger partial charge < -0.3 is 10.3 Å². The van der Waals surface area contributed by atoms with Gasteiger partial charge in [-0.1, -0.05) is 31.9 Å². The molecule has 0 bridgehead atoms. The first kappa shape index (κ1) is 18.0. The monoisotopic (exact) mass is 331 g/mol. The second kappa shape index (κ2) is 9.05. The van der Waals surface area contributed by atoms with Gasteiger partial charge >= 0.3 is 5.69 Å². The predicted molar refractivity (Wildman–Crippen MR) is 95.2 cm³/mol. The van der Waals surface area contributed by atoms with E-state index in [0.717, 1.165) is 25.8 Å². The summed E-state index contributed by atoms with van der Waals surface area (Å²) in [5.74, 6) is 0.0332. The van der Waals surface area contributed by atoms with Crippen molar-refractivity contribution in [2.24, 2.45) is 0 Å². The van der Waals surface area contributed by atoms with E-state index in [4.69, 9.17) is 0 Å². The van der Waals surface area contributed by atoms with Crippen molar-refractivity contribution >= 4 is 16.8 Å². The summed E-state index contributed by atoms with van der Waals surface area (Å²) in [5.41, 5.74) is -0.128. The number of amides is 1.